The van der Waals surface area contributed by atoms with Gasteiger partial charge in [-0.25, -0.2) is 14.8 Å². The molecular formula is C24H25N5O3S. The number of anilines is 1. The highest BCUT2D eigenvalue weighted by molar-refractivity contribution is 7.99. The van der Waals surface area contributed by atoms with Gasteiger partial charge < -0.3 is 15.4 Å². The minimum atomic E-state index is -0.397. The smallest absolute Gasteiger partial charge is 0.319 e. The molecule has 0 saturated carbocycles. The molecule has 2 aromatic heterocycles. The van der Waals surface area contributed by atoms with Gasteiger partial charge in [0.15, 0.2) is 5.16 Å². The van der Waals surface area contributed by atoms with Crippen LogP contribution >= 0.6 is 11.8 Å². The summed E-state index contributed by atoms with van der Waals surface area (Å²) in [6.07, 6.45) is 7.70. The zero-order chi connectivity index (χ0) is 22.9. The van der Waals surface area contributed by atoms with Gasteiger partial charge in [0.25, 0.3) is 0 Å². The Labute approximate surface area is 196 Å². The van der Waals surface area contributed by atoms with Crippen LogP contribution in [-0.2, 0) is 22.4 Å². The molecule has 1 aliphatic carbocycles. The molecule has 0 saturated heterocycles. The van der Waals surface area contributed by atoms with Gasteiger partial charge in [-0.1, -0.05) is 30.0 Å². The molecule has 0 bridgehead atoms. The molecule has 33 heavy (non-hydrogen) atoms. The summed E-state index contributed by atoms with van der Waals surface area (Å²) in [4.78, 5) is 37.1. The highest BCUT2D eigenvalue weighted by Gasteiger charge is 2.14. The van der Waals surface area contributed by atoms with E-state index in [0.29, 0.717) is 10.9 Å². The number of carbonyl (C=O) groups is 2. The average Bonchev–Trinajstić information content (AvgIpc) is 2.86. The lowest BCUT2D eigenvalue weighted by Gasteiger charge is -2.19. The number of thioether (sulfide) groups is 1. The van der Waals surface area contributed by atoms with E-state index in [-0.39, 0.29) is 24.9 Å². The van der Waals surface area contributed by atoms with Crippen LogP contribution in [-0.4, -0.2) is 45.9 Å². The lowest BCUT2D eigenvalue weighted by atomic mass is 9.90. The molecule has 1 aliphatic rings. The third-order valence-electron chi connectivity index (χ3n) is 5.17. The second-order valence-corrected chi connectivity index (χ2v) is 8.42. The number of nitrogens with zero attached hydrogens (tertiary/aromatic N) is 3. The number of pyridine rings is 1. The molecule has 2 heterocycles. The van der Waals surface area contributed by atoms with Crippen molar-refractivity contribution in [3.63, 3.8) is 0 Å². The van der Waals surface area contributed by atoms with Crippen LogP contribution in [0.4, 0.5) is 10.5 Å². The molecule has 0 aliphatic heterocycles. The van der Waals surface area contributed by atoms with E-state index in [0.717, 1.165) is 30.6 Å². The monoisotopic (exact) mass is 463 g/mol. The van der Waals surface area contributed by atoms with Crippen molar-refractivity contribution in [1.82, 2.24) is 20.3 Å². The summed E-state index contributed by atoms with van der Waals surface area (Å²) in [5.41, 5.74) is 4.81. The van der Waals surface area contributed by atoms with Crippen LogP contribution in [0.25, 0.3) is 11.4 Å². The fourth-order valence-corrected chi connectivity index (χ4v) is 4.26. The summed E-state index contributed by atoms with van der Waals surface area (Å²) in [7, 11) is 0. The Hall–Kier alpha value is -3.46. The van der Waals surface area contributed by atoms with Crippen LogP contribution in [0.5, 0.6) is 0 Å². The van der Waals surface area contributed by atoms with Crippen LogP contribution in [0.15, 0.2) is 60.0 Å². The molecule has 8 nitrogen and oxygen atoms in total. The Morgan fingerprint density at radius 1 is 0.970 bits per heavy atom. The first kappa shape index (κ1) is 22.7. The Balaban J connectivity index is 1.17. The number of aryl methyl sites for hydroxylation is 1. The first-order valence-electron chi connectivity index (χ1n) is 10.9. The van der Waals surface area contributed by atoms with Gasteiger partial charge in [0.2, 0.25) is 0 Å². The van der Waals surface area contributed by atoms with Crippen LogP contribution < -0.4 is 10.6 Å². The molecule has 4 rings (SSSR count). The molecule has 2 N–H and O–H groups in total. The van der Waals surface area contributed by atoms with Gasteiger partial charge in [0, 0.05) is 18.1 Å². The molecule has 170 valence electrons. The minimum Gasteiger partial charge on any atom is -0.463 e. The first-order chi connectivity index (χ1) is 16.2. The number of ether oxygens (including phenoxy) is 1. The van der Waals surface area contributed by atoms with E-state index in [1.165, 1.54) is 29.3 Å². The predicted molar refractivity (Wildman–Crippen MR) is 127 cm³/mol. The second kappa shape index (κ2) is 11.4. The van der Waals surface area contributed by atoms with Crippen molar-refractivity contribution >= 4 is 29.4 Å². The Morgan fingerprint density at radius 3 is 2.76 bits per heavy atom. The van der Waals surface area contributed by atoms with E-state index in [1.807, 2.05) is 30.3 Å². The number of aromatic nitrogens is 3. The fraction of sp³-hybridized carbons (Fsp3) is 0.292. The Morgan fingerprint density at radius 2 is 1.88 bits per heavy atom. The number of benzene rings is 1. The van der Waals surface area contributed by atoms with Crippen LogP contribution in [0.2, 0.25) is 0 Å². The molecule has 0 radical (unpaired) electrons. The third kappa shape index (κ3) is 6.52. The van der Waals surface area contributed by atoms with Crippen molar-refractivity contribution in [2.45, 2.75) is 30.8 Å². The highest BCUT2D eigenvalue weighted by Crippen LogP contribution is 2.27. The topological polar surface area (TPSA) is 106 Å². The maximum absolute atomic E-state index is 12.2. The zero-order valence-corrected chi connectivity index (χ0v) is 18.9. The Bertz CT molecular complexity index is 1110. The number of rotatable bonds is 8. The molecule has 2 amide bonds. The van der Waals surface area contributed by atoms with Gasteiger partial charge in [0.1, 0.15) is 6.61 Å². The average molecular weight is 464 g/mol. The quantitative estimate of drug-likeness (QED) is 0.226. The van der Waals surface area contributed by atoms with E-state index >= 15 is 0 Å². The number of carbonyl (C=O) groups excluding carboxylic acids is 2. The minimum absolute atomic E-state index is 0.0774. The number of esters is 1. The summed E-state index contributed by atoms with van der Waals surface area (Å²) >= 11 is 1.19. The summed E-state index contributed by atoms with van der Waals surface area (Å²) < 4.78 is 5.20. The molecule has 0 atom stereocenters. The number of amides is 2. The SMILES string of the molecule is O=C(NCCOC(=O)CSc1nccc(-c2ccccn2)n1)Nc1cccc2c1CCCC2. The maximum atomic E-state index is 12.2. The molecule has 0 unspecified atom stereocenters. The molecule has 0 spiro atoms. The fourth-order valence-electron chi connectivity index (χ4n) is 3.63. The number of fused-ring (bicyclic) bond motifs is 1. The maximum Gasteiger partial charge on any atom is 0.319 e. The van der Waals surface area contributed by atoms with Gasteiger partial charge in [0.05, 0.1) is 23.7 Å². The summed E-state index contributed by atoms with van der Waals surface area (Å²) in [6.45, 7) is 0.317. The third-order valence-corrected chi connectivity index (χ3v) is 6.01. The van der Waals surface area contributed by atoms with E-state index in [4.69, 9.17) is 4.74 Å². The van der Waals surface area contributed by atoms with Crippen molar-refractivity contribution in [2.75, 3.05) is 24.2 Å². The number of nitrogens with one attached hydrogen (secondary N) is 2. The molecule has 9 heteroatoms. The Kier molecular flexibility index (Phi) is 7.86. The standard InChI is InChI=1S/C24H25N5O3S/c30-22(16-33-24-27-13-11-21(29-24)20-9-3-4-12-25-20)32-15-14-26-23(31)28-19-10-5-7-17-6-1-2-8-18(17)19/h3-5,7,9-13H,1-2,6,8,14-16H2,(H2,26,28,31). The summed E-state index contributed by atoms with van der Waals surface area (Å²) in [5.74, 6) is -0.320. The van der Waals surface area contributed by atoms with Crippen molar-refractivity contribution in [1.29, 1.82) is 0 Å². The van der Waals surface area contributed by atoms with Crippen LogP contribution in [0.3, 0.4) is 0 Å². The van der Waals surface area contributed by atoms with Crippen LogP contribution in [0, 0.1) is 0 Å². The zero-order valence-electron chi connectivity index (χ0n) is 18.1. The van der Waals surface area contributed by atoms with Gasteiger partial charge in [-0.3, -0.25) is 9.78 Å². The highest BCUT2D eigenvalue weighted by atomic mass is 32.2. The van der Waals surface area contributed by atoms with Crippen LogP contribution in [0.1, 0.15) is 24.0 Å². The van der Waals surface area contributed by atoms with Gasteiger partial charge in [-0.15, -0.1) is 0 Å². The summed E-state index contributed by atoms with van der Waals surface area (Å²) in [6, 6.07) is 13.1. The normalized spacial score (nSPS) is 12.5. The number of hydrogen-bond donors (Lipinski definition) is 2. The van der Waals surface area contributed by atoms with Crippen molar-refractivity contribution < 1.29 is 14.3 Å². The van der Waals surface area contributed by atoms with Crippen molar-refractivity contribution in [2.24, 2.45) is 0 Å². The van der Waals surface area contributed by atoms with E-state index in [1.54, 1.807) is 18.5 Å². The van der Waals surface area contributed by atoms with E-state index < -0.39 is 5.97 Å². The van der Waals surface area contributed by atoms with Gasteiger partial charge in [-0.2, -0.15) is 0 Å². The first-order valence-corrected chi connectivity index (χ1v) is 11.9. The van der Waals surface area contributed by atoms with E-state index in [2.05, 4.69) is 31.7 Å². The van der Waals surface area contributed by atoms with Gasteiger partial charge >= 0.3 is 12.0 Å². The molecule has 3 aromatic rings. The lowest BCUT2D eigenvalue weighted by molar-refractivity contribution is -0.140. The van der Waals surface area contributed by atoms with E-state index in [9.17, 15) is 9.59 Å². The molecule has 0 fully saturated rings. The summed E-state index contributed by atoms with van der Waals surface area (Å²) in [5, 5.41) is 6.11. The van der Waals surface area contributed by atoms with Crippen molar-refractivity contribution in [3.8, 4) is 11.4 Å². The lowest BCUT2D eigenvalue weighted by Crippen LogP contribution is -2.32. The second-order valence-electron chi connectivity index (χ2n) is 7.48. The molecule has 1 aromatic carbocycles. The number of urea groups is 1. The predicted octanol–water partition coefficient (Wildman–Crippen LogP) is 3.87. The number of hydrogen-bond acceptors (Lipinski definition) is 7. The van der Waals surface area contributed by atoms with Gasteiger partial charge in [-0.05, 0) is 61.1 Å². The van der Waals surface area contributed by atoms with Crippen molar-refractivity contribution in [3.05, 3.63) is 66.0 Å². The molecular weight excluding hydrogens is 438 g/mol. The largest absolute Gasteiger partial charge is 0.463 e.